The molecule has 3 aromatic carbocycles. The van der Waals surface area contributed by atoms with E-state index in [4.69, 9.17) is 9.47 Å². The van der Waals surface area contributed by atoms with Gasteiger partial charge in [0.25, 0.3) is 11.7 Å². The average molecular weight is 472 g/mol. The number of hydrogen-bond donors (Lipinski definition) is 1. The maximum atomic E-state index is 13.3. The first-order valence-corrected chi connectivity index (χ1v) is 11.1. The number of carbonyl (C=O) groups excluding carboxylic acids is 3. The van der Waals surface area contributed by atoms with Crippen molar-refractivity contribution in [2.75, 3.05) is 12.0 Å². The second kappa shape index (κ2) is 9.85. The molecule has 1 atom stereocenters. The molecule has 7 heteroatoms. The summed E-state index contributed by atoms with van der Waals surface area (Å²) in [5.41, 5.74) is 1.50. The van der Waals surface area contributed by atoms with Gasteiger partial charge in [0.2, 0.25) is 0 Å². The number of Topliss-reactive ketones (excluding diaryl/α,β-unsaturated/α-hetero) is 1. The van der Waals surface area contributed by atoms with Crippen LogP contribution in [-0.2, 0) is 14.3 Å². The van der Waals surface area contributed by atoms with Gasteiger partial charge < -0.3 is 14.6 Å². The van der Waals surface area contributed by atoms with Gasteiger partial charge in [-0.1, -0.05) is 48.5 Å². The Bertz CT molecular complexity index is 1310. The molecule has 1 aliphatic heterocycles. The zero-order valence-electron chi connectivity index (χ0n) is 19.6. The highest BCUT2D eigenvalue weighted by molar-refractivity contribution is 6.51. The van der Waals surface area contributed by atoms with Crippen LogP contribution in [0.25, 0.3) is 5.76 Å². The molecular weight excluding hydrogens is 446 g/mol. The summed E-state index contributed by atoms with van der Waals surface area (Å²) in [6.45, 7) is 3.77. The Kier molecular flexibility index (Phi) is 6.68. The highest BCUT2D eigenvalue weighted by Gasteiger charge is 2.47. The van der Waals surface area contributed by atoms with E-state index in [9.17, 15) is 19.5 Å². The molecule has 35 heavy (non-hydrogen) atoms. The van der Waals surface area contributed by atoms with Gasteiger partial charge >= 0.3 is 5.97 Å². The Balaban J connectivity index is 1.89. The van der Waals surface area contributed by atoms with Crippen LogP contribution in [0.1, 0.15) is 41.4 Å². The van der Waals surface area contributed by atoms with Crippen molar-refractivity contribution in [2.45, 2.75) is 26.0 Å². The average Bonchev–Trinajstić information content (AvgIpc) is 3.13. The third kappa shape index (κ3) is 4.66. The molecular formula is C28H25NO6. The van der Waals surface area contributed by atoms with Crippen LogP contribution in [0, 0.1) is 0 Å². The number of amides is 1. The summed E-state index contributed by atoms with van der Waals surface area (Å²) in [6.07, 6.45) is -0.0793. The van der Waals surface area contributed by atoms with E-state index in [-0.39, 0.29) is 23.0 Å². The lowest BCUT2D eigenvalue weighted by Gasteiger charge is -2.25. The molecule has 0 saturated carbocycles. The monoisotopic (exact) mass is 471 g/mol. The fourth-order valence-corrected chi connectivity index (χ4v) is 4.09. The number of hydrogen-bond acceptors (Lipinski definition) is 6. The molecule has 0 spiro atoms. The quantitative estimate of drug-likeness (QED) is 0.238. The largest absolute Gasteiger partial charge is 0.507 e. The van der Waals surface area contributed by atoms with Crippen LogP contribution in [0.5, 0.6) is 5.75 Å². The predicted octanol–water partition coefficient (Wildman–Crippen LogP) is 4.89. The molecule has 0 aliphatic carbocycles. The second-order valence-electron chi connectivity index (χ2n) is 8.32. The summed E-state index contributed by atoms with van der Waals surface area (Å²) in [5, 5.41) is 11.3. The van der Waals surface area contributed by atoms with Crippen LogP contribution >= 0.6 is 0 Å². The van der Waals surface area contributed by atoms with Crippen molar-refractivity contribution < 1.29 is 29.0 Å². The third-order valence-corrected chi connectivity index (χ3v) is 5.58. The summed E-state index contributed by atoms with van der Waals surface area (Å²) in [5.74, 6) is -1.98. The van der Waals surface area contributed by atoms with Crippen molar-refractivity contribution in [1.82, 2.24) is 0 Å². The Labute approximate surface area is 203 Å². The number of nitrogens with zero attached hydrogens (tertiary/aromatic N) is 1. The Hall–Kier alpha value is -4.39. The number of aliphatic hydroxyl groups excluding tert-OH is 1. The molecule has 178 valence electrons. The van der Waals surface area contributed by atoms with Gasteiger partial charge in [-0.3, -0.25) is 14.5 Å². The molecule has 1 N–H and O–H groups in total. The van der Waals surface area contributed by atoms with E-state index in [2.05, 4.69) is 0 Å². The molecule has 1 saturated heterocycles. The maximum Gasteiger partial charge on any atom is 0.337 e. The van der Waals surface area contributed by atoms with Crippen LogP contribution in [0.3, 0.4) is 0 Å². The van der Waals surface area contributed by atoms with Crippen LogP contribution < -0.4 is 9.64 Å². The summed E-state index contributed by atoms with van der Waals surface area (Å²) in [7, 11) is 1.27. The van der Waals surface area contributed by atoms with Gasteiger partial charge in [-0.15, -0.1) is 0 Å². The van der Waals surface area contributed by atoms with Crippen molar-refractivity contribution in [3.05, 3.63) is 101 Å². The fourth-order valence-electron chi connectivity index (χ4n) is 4.09. The van der Waals surface area contributed by atoms with Gasteiger partial charge in [0.1, 0.15) is 11.5 Å². The van der Waals surface area contributed by atoms with Gasteiger partial charge in [-0.25, -0.2) is 4.79 Å². The molecule has 0 bridgehead atoms. The number of esters is 1. The lowest BCUT2D eigenvalue weighted by molar-refractivity contribution is -0.132. The number of ketones is 1. The standard InChI is InChI=1S/C28H25NO6/c1-17(2)35-22-14-8-11-19(16-22)25(30)23-24(18-9-5-4-6-10-18)29(27(32)26(23)31)21-13-7-12-20(15-21)28(33)34-3/h4-17,24,30H,1-3H3/b25-23+. The number of carbonyl (C=O) groups is 3. The number of ether oxygens (including phenoxy) is 2. The normalized spacial score (nSPS) is 17.0. The van der Waals surface area contributed by atoms with Gasteiger partial charge in [0.15, 0.2) is 0 Å². The van der Waals surface area contributed by atoms with Crippen molar-refractivity contribution >= 4 is 29.1 Å². The molecule has 7 nitrogen and oxygen atoms in total. The number of benzene rings is 3. The van der Waals surface area contributed by atoms with Crippen molar-refractivity contribution in [3.8, 4) is 5.75 Å². The number of aliphatic hydroxyl groups is 1. The molecule has 1 heterocycles. The van der Waals surface area contributed by atoms with Crippen molar-refractivity contribution in [3.63, 3.8) is 0 Å². The van der Waals surface area contributed by atoms with Crippen LogP contribution in [-0.4, -0.2) is 36.0 Å². The zero-order valence-corrected chi connectivity index (χ0v) is 19.6. The Morgan fingerprint density at radius 2 is 1.60 bits per heavy atom. The van der Waals surface area contributed by atoms with Crippen molar-refractivity contribution in [2.24, 2.45) is 0 Å². The van der Waals surface area contributed by atoms with Gasteiger partial charge in [0.05, 0.1) is 30.4 Å². The van der Waals surface area contributed by atoms with Crippen molar-refractivity contribution in [1.29, 1.82) is 0 Å². The fraction of sp³-hybridized carbons (Fsp3) is 0.179. The lowest BCUT2D eigenvalue weighted by Crippen LogP contribution is -2.29. The summed E-state index contributed by atoms with van der Waals surface area (Å²) in [6, 6.07) is 21.1. The van der Waals surface area contributed by atoms with Gasteiger partial charge in [-0.05, 0) is 49.7 Å². The summed E-state index contributed by atoms with van der Waals surface area (Å²) in [4.78, 5) is 40.0. The highest BCUT2D eigenvalue weighted by atomic mass is 16.5. The van der Waals surface area contributed by atoms with E-state index >= 15 is 0 Å². The van der Waals surface area contributed by atoms with Crippen LogP contribution in [0.4, 0.5) is 5.69 Å². The van der Waals surface area contributed by atoms with Crippen LogP contribution in [0.15, 0.2) is 84.4 Å². The van der Waals surface area contributed by atoms with E-state index in [0.717, 1.165) is 0 Å². The van der Waals surface area contributed by atoms with Gasteiger partial charge in [-0.2, -0.15) is 0 Å². The molecule has 1 aliphatic rings. The zero-order chi connectivity index (χ0) is 25.1. The molecule has 1 amide bonds. The molecule has 1 fully saturated rings. The van der Waals surface area contributed by atoms with E-state index < -0.39 is 23.7 Å². The summed E-state index contributed by atoms with van der Waals surface area (Å²) >= 11 is 0. The number of anilines is 1. The molecule has 1 unspecified atom stereocenters. The minimum Gasteiger partial charge on any atom is -0.507 e. The SMILES string of the molecule is COC(=O)c1cccc(N2C(=O)C(=O)/C(=C(/O)c3cccc(OC(C)C)c3)C2c2ccccc2)c1. The smallest absolute Gasteiger partial charge is 0.337 e. The minimum atomic E-state index is -0.904. The molecule has 4 rings (SSSR count). The maximum absolute atomic E-state index is 13.3. The lowest BCUT2D eigenvalue weighted by atomic mass is 9.95. The van der Waals surface area contributed by atoms with Crippen LogP contribution in [0.2, 0.25) is 0 Å². The third-order valence-electron chi connectivity index (χ3n) is 5.58. The van der Waals surface area contributed by atoms with E-state index in [1.165, 1.54) is 18.1 Å². The van der Waals surface area contributed by atoms with E-state index in [1.54, 1.807) is 66.7 Å². The Morgan fingerprint density at radius 3 is 2.29 bits per heavy atom. The first kappa shape index (κ1) is 23.8. The van der Waals surface area contributed by atoms with Gasteiger partial charge in [0, 0.05) is 11.3 Å². The highest BCUT2D eigenvalue weighted by Crippen LogP contribution is 2.42. The Morgan fingerprint density at radius 1 is 0.914 bits per heavy atom. The molecule has 3 aromatic rings. The van der Waals surface area contributed by atoms with E-state index in [0.29, 0.717) is 22.6 Å². The van der Waals surface area contributed by atoms with E-state index in [1.807, 2.05) is 19.9 Å². The molecule has 0 radical (unpaired) electrons. The second-order valence-corrected chi connectivity index (χ2v) is 8.32. The predicted molar refractivity (Wildman–Crippen MR) is 131 cm³/mol. The minimum absolute atomic E-state index is 0.0497. The number of methoxy groups -OCH3 is 1. The summed E-state index contributed by atoms with van der Waals surface area (Å²) < 4.78 is 10.5. The topological polar surface area (TPSA) is 93.1 Å². The first-order chi connectivity index (χ1) is 16.8. The first-order valence-electron chi connectivity index (χ1n) is 11.1. The number of rotatable bonds is 6. The molecule has 0 aromatic heterocycles.